The second-order valence-electron chi connectivity index (χ2n) is 6.30. The van der Waals surface area contributed by atoms with Gasteiger partial charge in [0.2, 0.25) is 0 Å². The Bertz CT molecular complexity index is 1030. The van der Waals surface area contributed by atoms with Gasteiger partial charge in [-0.2, -0.15) is 0 Å². The van der Waals surface area contributed by atoms with Crippen molar-refractivity contribution in [2.45, 2.75) is 26.7 Å². The molecule has 0 aliphatic rings. The molecular weight excluding hydrogens is 331 g/mol. The first kappa shape index (κ1) is 18.5. The zero-order chi connectivity index (χ0) is 19.1. The molecule has 0 saturated heterocycles. The number of aryl methyl sites for hydroxylation is 2. The van der Waals surface area contributed by atoms with E-state index in [4.69, 9.17) is 0 Å². The van der Waals surface area contributed by atoms with Gasteiger partial charge in [-0.15, -0.1) is 0 Å². The predicted molar refractivity (Wildman–Crippen MR) is 110 cm³/mol. The Balaban J connectivity index is 1.72. The molecule has 3 aromatic carbocycles. The Morgan fingerprint density at radius 3 is 1.52 bits per heavy atom. The van der Waals surface area contributed by atoms with Gasteiger partial charge < -0.3 is 0 Å². The third-order valence-electron chi connectivity index (χ3n) is 4.38. The number of hydrogen-bond donors (Lipinski definition) is 0. The second kappa shape index (κ2) is 8.88. The molecule has 132 valence electrons. The molecule has 0 aliphatic heterocycles. The SMILES string of the molecule is CCc1ccc(C#Cc2ccc(C#Cc3ccc(CC)cc3F)cc2)cc1. The fraction of sp³-hybridized carbons (Fsp3) is 0.154. The normalized spacial score (nSPS) is 9.74. The molecule has 0 bridgehead atoms. The molecule has 0 aromatic heterocycles. The van der Waals surface area contributed by atoms with Gasteiger partial charge in [0, 0.05) is 16.7 Å². The van der Waals surface area contributed by atoms with Crippen LogP contribution in [0.3, 0.4) is 0 Å². The summed E-state index contributed by atoms with van der Waals surface area (Å²) in [6, 6.07) is 21.2. The Morgan fingerprint density at radius 2 is 1.04 bits per heavy atom. The van der Waals surface area contributed by atoms with Gasteiger partial charge in [0.25, 0.3) is 0 Å². The van der Waals surface area contributed by atoms with Gasteiger partial charge in [0.05, 0.1) is 5.56 Å². The molecular formula is C26H21F. The van der Waals surface area contributed by atoms with Crippen LogP contribution in [0.5, 0.6) is 0 Å². The molecule has 27 heavy (non-hydrogen) atoms. The average Bonchev–Trinajstić information content (AvgIpc) is 2.72. The molecule has 0 atom stereocenters. The summed E-state index contributed by atoms with van der Waals surface area (Å²) in [6.07, 6.45) is 1.85. The van der Waals surface area contributed by atoms with E-state index < -0.39 is 0 Å². The fourth-order valence-corrected chi connectivity index (χ4v) is 2.62. The van der Waals surface area contributed by atoms with Gasteiger partial charge in [-0.1, -0.05) is 55.7 Å². The van der Waals surface area contributed by atoms with Crippen LogP contribution in [0.4, 0.5) is 4.39 Å². The molecule has 0 spiro atoms. The van der Waals surface area contributed by atoms with Crippen molar-refractivity contribution in [3.05, 3.63) is 106 Å². The van der Waals surface area contributed by atoms with E-state index in [0.717, 1.165) is 35.1 Å². The first-order chi connectivity index (χ1) is 13.2. The predicted octanol–water partition coefficient (Wildman–Crippen LogP) is 5.75. The van der Waals surface area contributed by atoms with Crippen molar-refractivity contribution in [3.63, 3.8) is 0 Å². The van der Waals surface area contributed by atoms with Crippen LogP contribution in [0.2, 0.25) is 0 Å². The van der Waals surface area contributed by atoms with E-state index in [-0.39, 0.29) is 5.82 Å². The summed E-state index contributed by atoms with van der Waals surface area (Å²) >= 11 is 0. The smallest absolute Gasteiger partial charge is 0.139 e. The van der Waals surface area contributed by atoms with E-state index in [1.165, 1.54) is 5.56 Å². The summed E-state index contributed by atoms with van der Waals surface area (Å²) in [5.41, 5.74) is 5.48. The van der Waals surface area contributed by atoms with Crippen molar-refractivity contribution in [1.82, 2.24) is 0 Å². The van der Waals surface area contributed by atoms with Crippen molar-refractivity contribution < 1.29 is 4.39 Å². The van der Waals surface area contributed by atoms with Crippen LogP contribution < -0.4 is 0 Å². The maximum Gasteiger partial charge on any atom is 0.139 e. The average molecular weight is 352 g/mol. The van der Waals surface area contributed by atoms with Crippen molar-refractivity contribution in [2.75, 3.05) is 0 Å². The highest BCUT2D eigenvalue weighted by Gasteiger charge is 1.99. The highest BCUT2D eigenvalue weighted by atomic mass is 19.1. The third-order valence-corrected chi connectivity index (χ3v) is 4.38. The Labute approximate surface area is 161 Å². The molecule has 3 aromatic rings. The van der Waals surface area contributed by atoms with Gasteiger partial charge in [-0.05, 0) is 72.5 Å². The maximum absolute atomic E-state index is 14.0. The van der Waals surface area contributed by atoms with Gasteiger partial charge in [0.15, 0.2) is 0 Å². The second-order valence-corrected chi connectivity index (χ2v) is 6.30. The molecule has 0 radical (unpaired) electrons. The molecule has 0 amide bonds. The molecule has 0 aliphatic carbocycles. The quantitative estimate of drug-likeness (QED) is 0.515. The monoisotopic (exact) mass is 352 g/mol. The summed E-state index contributed by atoms with van der Waals surface area (Å²) in [7, 11) is 0. The van der Waals surface area contributed by atoms with E-state index >= 15 is 0 Å². The van der Waals surface area contributed by atoms with Crippen molar-refractivity contribution in [2.24, 2.45) is 0 Å². The Kier molecular flexibility index (Phi) is 6.09. The lowest BCUT2D eigenvalue weighted by molar-refractivity contribution is 0.622. The Hall–Kier alpha value is -3.29. The van der Waals surface area contributed by atoms with Gasteiger partial charge >= 0.3 is 0 Å². The third kappa shape index (κ3) is 5.10. The zero-order valence-corrected chi connectivity index (χ0v) is 15.6. The summed E-state index contributed by atoms with van der Waals surface area (Å²) in [5, 5.41) is 0. The molecule has 0 nitrogen and oxygen atoms in total. The van der Waals surface area contributed by atoms with Gasteiger partial charge in [-0.3, -0.25) is 0 Å². The lowest BCUT2D eigenvalue weighted by Crippen LogP contribution is -1.87. The first-order valence-corrected chi connectivity index (χ1v) is 9.19. The summed E-state index contributed by atoms with van der Waals surface area (Å²) < 4.78 is 14.0. The van der Waals surface area contributed by atoms with Crippen LogP contribution in [-0.2, 0) is 12.8 Å². The first-order valence-electron chi connectivity index (χ1n) is 9.19. The van der Waals surface area contributed by atoms with Crippen LogP contribution >= 0.6 is 0 Å². The van der Waals surface area contributed by atoms with Gasteiger partial charge in [0.1, 0.15) is 5.82 Å². The summed E-state index contributed by atoms with van der Waals surface area (Å²) in [6.45, 7) is 4.14. The van der Waals surface area contributed by atoms with E-state index in [2.05, 4.69) is 42.7 Å². The molecule has 0 fully saturated rings. The van der Waals surface area contributed by atoms with E-state index in [1.54, 1.807) is 12.1 Å². The minimum Gasteiger partial charge on any atom is -0.206 e. The maximum atomic E-state index is 14.0. The molecule has 1 heteroatoms. The van der Waals surface area contributed by atoms with E-state index in [9.17, 15) is 4.39 Å². The van der Waals surface area contributed by atoms with Crippen LogP contribution in [0.1, 0.15) is 47.2 Å². The highest BCUT2D eigenvalue weighted by Crippen LogP contribution is 2.11. The summed E-state index contributed by atoms with van der Waals surface area (Å²) in [4.78, 5) is 0. The van der Waals surface area contributed by atoms with Crippen LogP contribution in [0.15, 0.2) is 66.7 Å². The fourth-order valence-electron chi connectivity index (χ4n) is 2.62. The number of benzene rings is 3. The minimum atomic E-state index is -0.265. The standard InChI is InChI=1S/C26H21F/c1-3-20-5-7-22(8-6-20)9-10-23-11-13-24(14-12-23)16-18-25-17-15-21(4-2)19-26(25)27/h5-8,11-15,17,19H,3-4H2,1-2H3. The molecule has 0 unspecified atom stereocenters. The lowest BCUT2D eigenvalue weighted by Gasteiger charge is -1.98. The molecule has 0 heterocycles. The van der Waals surface area contributed by atoms with Crippen LogP contribution in [-0.4, -0.2) is 0 Å². The van der Waals surface area contributed by atoms with Crippen LogP contribution in [0, 0.1) is 29.5 Å². The van der Waals surface area contributed by atoms with E-state index in [0.29, 0.717) is 5.56 Å². The molecule has 0 saturated carbocycles. The molecule has 0 N–H and O–H groups in total. The van der Waals surface area contributed by atoms with Crippen molar-refractivity contribution >= 4 is 0 Å². The number of hydrogen-bond acceptors (Lipinski definition) is 0. The lowest BCUT2D eigenvalue weighted by atomic mass is 10.1. The van der Waals surface area contributed by atoms with Crippen molar-refractivity contribution in [1.29, 1.82) is 0 Å². The van der Waals surface area contributed by atoms with E-state index in [1.807, 2.05) is 49.4 Å². The van der Waals surface area contributed by atoms with Crippen LogP contribution in [0.25, 0.3) is 0 Å². The summed E-state index contributed by atoms with van der Waals surface area (Å²) in [5.74, 6) is 12.0. The highest BCUT2D eigenvalue weighted by molar-refractivity contribution is 5.48. The zero-order valence-electron chi connectivity index (χ0n) is 15.6. The topological polar surface area (TPSA) is 0 Å². The Morgan fingerprint density at radius 1 is 0.593 bits per heavy atom. The molecule has 3 rings (SSSR count). The van der Waals surface area contributed by atoms with Gasteiger partial charge in [-0.25, -0.2) is 4.39 Å². The number of halogens is 1. The largest absolute Gasteiger partial charge is 0.206 e. The minimum absolute atomic E-state index is 0.265. The van der Waals surface area contributed by atoms with Crippen molar-refractivity contribution in [3.8, 4) is 23.7 Å². The number of rotatable bonds is 2.